The molecule has 0 aromatic carbocycles. The van der Waals surface area contributed by atoms with Gasteiger partial charge in [0.15, 0.2) is 0 Å². The SMILES string of the molecule is C=C(C)C(=O)OCCCCCC[N+](C)(C)CCCCCCCC.C=C(C)C(=O)OCCOC(=O)C(=C)C.[Cl-]. The molecule has 0 heterocycles. The van der Waals surface area contributed by atoms with Crippen LogP contribution in [0.25, 0.3) is 0 Å². The smallest absolute Gasteiger partial charge is 0.333 e. The van der Waals surface area contributed by atoms with E-state index in [4.69, 9.17) is 4.74 Å². The van der Waals surface area contributed by atoms with Crippen LogP contribution in [-0.4, -0.2) is 69.4 Å². The van der Waals surface area contributed by atoms with Crippen molar-refractivity contribution >= 4 is 17.9 Å². The van der Waals surface area contributed by atoms with Crippen molar-refractivity contribution in [2.75, 3.05) is 47.0 Å². The molecule has 7 nitrogen and oxygen atoms in total. The summed E-state index contributed by atoms with van der Waals surface area (Å²) in [6, 6.07) is 0. The lowest BCUT2D eigenvalue weighted by molar-refractivity contribution is -0.890. The molecule has 0 aliphatic rings. The molecule has 0 bridgehead atoms. The molecule has 0 aliphatic heterocycles. The normalized spacial score (nSPS) is 10.3. The van der Waals surface area contributed by atoms with E-state index in [1.54, 1.807) is 20.8 Å². The van der Waals surface area contributed by atoms with Crippen molar-refractivity contribution in [3.05, 3.63) is 36.5 Å². The number of unbranched alkanes of at least 4 members (excludes halogenated alkanes) is 8. The van der Waals surface area contributed by atoms with Crippen LogP contribution in [0.4, 0.5) is 0 Å². The minimum absolute atomic E-state index is 0. The van der Waals surface area contributed by atoms with Crippen LogP contribution in [0.5, 0.6) is 0 Å². The summed E-state index contributed by atoms with van der Waals surface area (Å²) >= 11 is 0. The average molecular weight is 560 g/mol. The summed E-state index contributed by atoms with van der Waals surface area (Å²) in [6.45, 7) is 20.6. The summed E-state index contributed by atoms with van der Waals surface area (Å²) in [6.07, 6.45) is 12.8. The summed E-state index contributed by atoms with van der Waals surface area (Å²) in [5.41, 5.74) is 1.12. The van der Waals surface area contributed by atoms with E-state index in [2.05, 4.69) is 50.2 Å². The van der Waals surface area contributed by atoms with E-state index in [1.807, 2.05) is 0 Å². The molecule has 222 valence electrons. The van der Waals surface area contributed by atoms with E-state index < -0.39 is 11.9 Å². The largest absolute Gasteiger partial charge is 1.00 e. The third kappa shape index (κ3) is 26.9. The maximum atomic E-state index is 11.2. The third-order valence-corrected chi connectivity index (χ3v) is 5.60. The first-order valence-electron chi connectivity index (χ1n) is 13.6. The molecule has 0 aromatic heterocycles. The molecule has 0 saturated carbocycles. The van der Waals surface area contributed by atoms with Gasteiger partial charge in [0.05, 0.1) is 33.8 Å². The van der Waals surface area contributed by atoms with E-state index in [-0.39, 0.29) is 31.6 Å². The number of carbonyl (C=O) groups excluding carboxylic acids is 3. The molecule has 0 rings (SSSR count). The molecule has 0 aliphatic carbocycles. The second-order valence-corrected chi connectivity index (χ2v) is 10.3. The summed E-state index contributed by atoms with van der Waals surface area (Å²) in [5, 5.41) is 0. The summed E-state index contributed by atoms with van der Waals surface area (Å²) < 4.78 is 15.6. The number of hydrogen-bond donors (Lipinski definition) is 0. The van der Waals surface area contributed by atoms with Crippen LogP contribution in [0.3, 0.4) is 0 Å². The Morgan fingerprint density at radius 1 is 0.553 bits per heavy atom. The summed E-state index contributed by atoms with van der Waals surface area (Å²) in [4.78, 5) is 32.9. The minimum atomic E-state index is -0.489. The first kappa shape index (κ1) is 40.4. The standard InChI is InChI=1S/C20H40NO2.C10H14O4.ClH/c1-6-7-8-9-10-13-16-21(4,5)17-14-11-12-15-18-23-20(22)19(2)3;1-7(2)9(11)13-5-6-14-10(12)8(3)4;/h2,6-18H2,1,3-5H3;1,3,5-6H2,2,4H3;1H/q+1;;/p-1. The second-order valence-electron chi connectivity index (χ2n) is 10.3. The van der Waals surface area contributed by atoms with Gasteiger partial charge in [-0.05, 0) is 59.3 Å². The van der Waals surface area contributed by atoms with Gasteiger partial charge in [0, 0.05) is 16.7 Å². The molecular weight excluding hydrogens is 506 g/mol. The molecule has 0 N–H and O–H groups in total. The molecule has 8 heteroatoms. The Morgan fingerprint density at radius 3 is 1.24 bits per heavy atom. The highest BCUT2D eigenvalue weighted by atomic mass is 35.5. The number of hydrogen-bond acceptors (Lipinski definition) is 6. The van der Waals surface area contributed by atoms with E-state index in [0.29, 0.717) is 23.3 Å². The molecule has 0 atom stereocenters. The van der Waals surface area contributed by atoms with Crippen LogP contribution in [0, 0.1) is 0 Å². The van der Waals surface area contributed by atoms with Crippen LogP contribution >= 0.6 is 0 Å². The molecule has 0 fully saturated rings. The predicted octanol–water partition coefficient (Wildman–Crippen LogP) is 3.33. The zero-order valence-electron chi connectivity index (χ0n) is 25.0. The number of nitrogens with zero attached hydrogens (tertiary/aromatic N) is 1. The van der Waals surface area contributed by atoms with E-state index in [1.165, 1.54) is 64.5 Å². The van der Waals surface area contributed by atoms with Crippen LogP contribution in [0.2, 0.25) is 0 Å². The third-order valence-electron chi connectivity index (χ3n) is 5.60. The van der Waals surface area contributed by atoms with Gasteiger partial charge in [0.25, 0.3) is 0 Å². The zero-order valence-corrected chi connectivity index (χ0v) is 25.8. The number of esters is 3. The lowest BCUT2D eigenvalue weighted by atomic mass is 10.1. The number of rotatable bonds is 20. The molecule has 0 amide bonds. The topological polar surface area (TPSA) is 78.9 Å². The van der Waals surface area contributed by atoms with Crippen molar-refractivity contribution in [1.29, 1.82) is 0 Å². The average Bonchev–Trinajstić information content (AvgIpc) is 2.82. The molecular formula is C30H54ClNO6. The van der Waals surface area contributed by atoms with Crippen molar-refractivity contribution in [1.82, 2.24) is 0 Å². The number of quaternary nitrogens is 1. The van der Waals surface area contributed by atoms with E-state index in [0.717, 1.165) is 17.3 Å². The van der Waals surface area contributed by atoms with Gasteiger partial charge in [-0.2, -0.15) is 0 Å². The molecule has 0 unspecified atom stereocenters. The zero-order chi connectivity index (χ0) is 28.7. The molecule has 0 spiro atoms. The van der Waals surface area contributed by atoms with Crippen LogP contribution in [0.1, 0.15) is 91.9 Å². The maximum Gasteiger partial charge on any atom is 0.333 e. The van der Waals surface area contributed by atoms with Crippen LogP contribution in [-0.2, 0) is 28.6 Å². The number of ether oxygens (including phenoxy) is 3. The van der Waals surface area contributed by atoms with Crippen molar-refractivity contribution in [3.63, 3.8) is 0 Å². The van der Waals surface area contributed by atoms with Gasteiger partial charge in [-0.25, -0.2) is 14.4 Å². The van der Waals surface area contributed by atoms with Crippen molar-refractivity contribution in [3.8, 4) is 0 Å². The Morgan fingerprint density at radius 2 is 0.868 bits per heavy atom. The lowest BCUT2D eigenvalue weighted by Gasteiger charge is -2.30. The van der Waals surface area contributed by atoms with Gasteiger partial charge in [0.2, 0.25) is 0 Å². The fraction of sp³-hybridized carbons (Fsp3) is 0.700. The van der Waals surface area contributed by atoms with Gasteiger partial charge in [-0.3, -0.25) is 0 Å². The van der Waals surface area contributed by atoms with Gasteiger partial charge in [-0.15, -0.1) is 0 Å². The highest BCUT2D eigenvalue weighted by Crippen LogP contribution is 2.10. The number of carbonyl (C=O) groups is 3. The first-order valence-corrected chi connectivity index (χ1v) is 13.6. The molecule has 38 heavy (non-hydrogen) atoms. The maximum absolute atomic E-state index is 11.2. The minimum Gasteiger partial charge on any atom is -1.00 e. The predicted molar refractivity (Wildman–Crippen MR) is 151 cm³/mol. The lowest BCUT2D eigenvalue weighted by Crippen LogP contribution is -3.00. The quantitative estimate of drug-likeness (QED) is 0.0748. The second kappa shape index (κ2) is 25.2. The van der Waals surface area contributed by atoms with Crippen molar-refractivity contribution in [2.24, 2.45) is 0 Å². The monoisotopic (exact) mass is 559 g/mol. The van der Waals surface area contributed by atoms with Crippen molar-refractivity contribution < 1.29 is 45.5 Å². The fourth-order valence-electron chi connectivity index (χ4n) is 3.23. The fourth-order valence-corrected chi connectivity index (χ4v) is 3.23. The van der Waals surface area contributed by atoms with Crippen molar-refractivity contribution in [2.45, 2.75) is 91.9 Å². The summed E-state index contributed by atoms with van der Waals surface area (Å²) in [5.74, 6) is -1.24. The van der Waals surface area contributed by atoms with Gasteiger partial charge in [-0.1, -0.05) is 52.3 Å². The van der Waals surface area contributed by atoms with E-state index >= 15 is 0 Å². The van der Waals surface area contributed by atoms with Crippen LogP contribution < -0.4 is 12.4 Å². The molecule has 0 saturated heterocycles. The van der Waals surface area contributed by atoms with Gasteiger partial charge < -0.3 is 31.1 Å². The van der Waals surface area contributed by atoms with Crippen LogP contribution in [0.15, 0.2) is 36.5 Å². The first-order chi connectivity index (χ1) is 17.3. The van der Waals surface area contributed by atoms with E-state index in [9.17, 15) is 14.4 Å². The Kier molecular flexibility index (Phi) is 26.7. The Balaban J connectivity index is -0.000000703. The highest BCUT2D eigenvalue weighted by Gasteiger charge is 2.13. The molecule has 0 aromatic rings. The summed E-state index contributed by atoms with van der Waals surface area (Å²) in [7, 11) is 4.70. The highest BCUT2D eigenvalue weighted by molar-refractivity contribution is 5.87. The molecule has 0 radical (unpaired) electrons. The number of halogens is 1. The Hall–Kier alpha value is -2.12. The Labute approximate surface area is 238 Å². The van der Waals surface area contributed by atoms with Gasteiger partial charge >= 0.3 is 17.9 Å². The van der Waals surface area contributed by atoms with Gasteiger partial charge in [0.1, 0.15) is 13.2 Å². The Bertz CT molecular complexity index is 690.